The van der Waals surface area contributed by atoms with Crippen molar-refractivity contribution < 1.29 is 14.6 Å². The number of nitrogens with zero attached hydrogens (tertiary/aromatic N) is 3. The topological polar surface area (TPSA) is 99.6 Å². The molecule has 0 saturated heterocycles. The van der Waals surface area contributed by atoms with Gasteiger partial charge in [0.15, 0.2) is 0 Å². The number of aryl methyl sites for hydroxylation is 2. The zero-order valence-electron chi connectivity index (χ0n) is 20.4. The standard InChI is InChI=1S/C25H36ClN5O3/c1-17-20(21(26)16-29-24(17)31(2)3)15-28-22(25(32)33)11-14-34-13-5-4-8-19-10-9-18-7-6-12-27-23(18)30-19/h9-10,16,22,28H,4-8,11-15H2,1-3H3,(H,27,30)(H,32,33)/t22-/m0/s1. The minimum Gasteiger partial charge on any atom is -0.480 e. The van der Waals surface area contributed by atoms with Gasteiger partial charge in [0.2, 0.25) is 0 Å². The van der Waals surface area contributed by atoms with Gasteiger partial charge in [-0.1, -0.05) is 17.7 Å². The van der Waals surface area contributed by atoms with Gasteiger partial charge in [-0.2, -0.15) is 0 Å². The van der Waals surface area contributed by atoms with E-state index in [9.17, 15) is 9.90 Å². The Labute approximate surface area is 207 Å². The highest BCUT2D eigenvalue weighted by Gasteiger charge is 2.19. The molecule has 1 aliphatic rings. The molecule has 0 radical (unpaired) electrons. The predicted molar refractivity (Wildman–Crippen MR) is 136 cm³/mol. The van der Waals surface area contributed by atoms with Crippen LogP contribution in [-0.2, 0) is 28.9 Å². The number of ether oxygens (including phenoxy) is 1. The molecular formula is C25H36ClN5O3. The number of anilines is 2. The van der Waals surface area contributed by atoms with Crippen molar-refractivity contribution in [1.29, 1.82) is 0 Å². The van der Waals surface area contributed by atoms with Crippen molar-refractivity contribution in [1.82, 2.24) is 15.3 Å². The van der Waals surface area contributed by atoms with Crippen molar-refractivity contribution in [2.24, 2.45) is 0 Å². The van der Waals surface area contributed by atoms with Gasteiger partial charge >= 0.3 is 5.97 Å². The number of carbonyl (C=O) groups is 1. The lowest BCUT2D eigenvalue weighted by atomic mass is 10.1. The Morgan fingerprint density at radius 3 is 2.91 bits per heavy atom. The molecule has 0 aromatic carbocycles. The van der Waals surface area contributed by atoms with Gasteiger partial charge in [-0.05, 0) is 68.2 Å². The maximum Gasteiger partial charge on any atom is 0.320 e. The molecule has 9 heteroatoms. The minimum absolute atomic E-state index is 0.355. The summed E-state index contributed by atoms with van der Waals surface area (Å²) in [6, 6.07) is 3.59. The van der Waals surface area contributed by atoms with Gasteiger partial charge in [-0.25, -0.2) is 9.97 Å². The quantitative estimate of drug-likeness (QED) is 0.365. The third-order valence-electron chi connectivity index (χ3n) is 6.10. The van der Waals surface area contributed by atoms with Gasteiger partial charge in [0.05, 0.1) is 5.02 Å². The predicted octanol–water partition coefficient (Wildman–Crippen LogP) is 3.83. The fourth-order valence-corrected chi connectivity index (χ4v) is 4.39. The summed E-state index contributed by atoms with van der Waals surface area (Å²) in [4.78, 5) is 22.7. The first-order chi connectivity index (χ1) is 16.4. The molecule has 34 heavy (non-hydrogen) atoms. The van der Waals surface area contributed by atoms with Crippen LogP contribution in [0.2, 0.25) is 5.02 Å². The van der Waals surface area contributed by atoms with E-state index in [2.05, 4.69) is 27.8 Å². The lowest BCUT2D eigenvalue weighted by molar-refractivity contribution is -0.140. The van der Waals surface area contributed by atoms with E-state index in [-0.39, 0.29) is 0 Å². The van der Waals surface area contributed by atoms with Gasteiger partial charge in [-0.3, -0.25) is 4.79 Å². The van der Waals surface area contributed by atoms with Crippen LogP contribution in [0.25, 0.3) is 0 Å². The van der Waals surface area contributed by atoms with Gasteiger partial charge in [-0.15, -0.1) is 0 Å². The summed E-state index contributed by atoms with van der Waals surface area (Å²) in [6.45, 7) is 4.29. The largest absolute Gasteiger partial charge is 0.480 e. The third-order valence-corrected chi connectivity index (χ3v) is 6.42. The van der Waals surface area contributed by atoms with Gasteiger partial charge < -0.3 is 25.4 Å². The first-order valence-corrected chi connectivity index (χ1v) is 12.3. The highest BCUT2D eigenvalue weighted by molar-refractivity contribution is 6.31. The summed E-state index contributed by atoms with van der Waals surface area (Å²) in [5.41, 5.74) is 4.21. The first kappa shape index (κ1) is 26.2. The number of carboxylic acids is 1. The number of rotatable bonds is 13. The summed E-state index contributed by atoms with van der Waals surface area (Å²) >= 11 is 6.32. The number of hydrogen-bond acceptors (Lipinski definition) is 7. The van der Waals surface area contributed by atoms with Crippen molar-refractivity contribution in [2.45, 2.75) is 58.0 Å². The number of hydrogen-bond donors (Lipinski definition) is 3. The Bertz CT molecular complexity index is 970. The molecule has 2 aromatic heterocycles. The van der Waals surface area contributed by atoms with Crippen LogP contribution in [-0.4, -0.2) is 60.9 Å². The van der Waals surface area contributed by atoms with Crippen LogP contribution < -0.4 is 15.5 Å². The normalized spacial score (nSPS) is 13.8. The number of aliphatic carboxylic acids is 1. The Morgan fingerprint density at radius 1 is 1.32 bits per heavy atom. The van der Waals surface area contributed by atoms with Gasteiger partial charge in [0, 0.05) is 52.3 Å². The number of halogens is 1. The fraction of sp³-hybridized carbons (Fsp3) is 0.560. The number of carboxylic acid groups (broad SMARTS) is 1. The van der Waals surface area contributed by atoms with Crippen LogP contribution in [0, 0.1) is 6.92 Å². The molecule has 0 spiro atoms. The second-order valence-corrected chi connectivity index (χ2v) is 9.31. The van der Waals surface area contributed by atoms with Crippen LogP contribution >= 0.6 is 11.6 Å². The molecule has 0 fully saturated rings. The minimum atomic E-state index is -0.897. The highest BCUT2D eigenvalue weighted by atomic mass is 35.5. The Hall–Kier alpha value is -2.42. The smallest absolute Gasteiger partial charge is 0.320 e. The zero-order chi connectivity index (χ0) is 24.5. The fourth-order valence-electron chi connectivity index (χ4n) is 4.13. The van der Waals surface area contributed by atoms with Crippen LogP contribution in [0.15, 0.2) is 18.3 Å². The number of unbranched alkanes of at least 4 members (excludes halogenated alkanes) is 1. The molecule has 3 rings (SSSR count). The average molecular weight is 490 g/mol. The lowest BCUT2D eigenvalue weighted by Gasteiger charge is -2.20. The zero-order valence-corrected chi connectivity index (χ0v) is 21.1. The molecule has 0 unspecified atom stereocenters. The number of pyridine rings is 2. The van der Waals surface area contributed by atoms with Crippen molar-refractivity contribution in [3.05, 3.63) is 45.7 Å². The summed E-state index contributed by atoms with van der Waals surface area (Å²) in [5.74, 6) is 0.956. The van der Waals surface area contributed by atoms with Crippen LogP contribution in [0.1, 0.15) is 48.1 Å². The van der Waals surface area contributed by atoms with E-state index in [1.165, 1.54) is 5.56 Å². The third kappa shape index (κ3) is 7.29. The van der Waals surface area contributed by atoms with Crippen LogP contribution in [0.4, 0.5) is 11.6 Å². The van der Waals surface area contributed by atoms with Crippen LogP contribution in [0.5, 0.6) is 0 Å². The van der Waals surface area contributed by atoms with Crippen molar-refractivity contribution in [2.75, 3.05) is 44.1 Å². The van der Waals surface area contributed by atoms with Crippen LogP contribution in [0.3, 0.4) is 0 Å². The first-order valence-electron chi connectivity index (χ1n) is 11.9. The van der Waals surface area contributed by atoms with Gasteiger partial charge in [0.1, 0.15) is 17.7 Å². The molecule has 8 nitrogen and oxygen atoms in total. The average Bonchev–Trinajstić information content (AvgIpc) is 2.81. The van der Waals surface area contributed by atoms with Crippen molar-refractivity contribution >= 4 is 29.2 Å². The molecule has 0 aliphatic carbocycles. The Kier molecular flexibility index (Phi) is 9.92. The van der Waals surface area contributed by atoms with Crippen molar-refractivity contribution in [3.63, 3.8) is 0 Å². The maximum atomic E-state index is 11.7. The second-order valence-electron chi connectivity index (χ2n) is 8.90. The van der Waals surface area contributed by atoms with E-state index >= 15 is 0 Å². The van der Waals surface area contributed by atoms with Gasteiger partial charge in [0.25, 0.3) is 0 Å². The molecule has 0 bridgehead atoms. The SMILES string of the molecule is Cc1c(N(C)C)ncc(Cl)c1CN[C@@H](CCOCCCCc1ccc2c(n1)NCCC2)C(=O)O. The summed E-state index contributed by atoms with van der Waals surface area (Å²) < 4.78 is 5.71. The van der Waals surface area contributed by atoms with E-state index in [0.29, 0.717) is 31.2 Å². The molecule has 0 saturated carbocycles. The summed E-state index contributed by atoms with van der Waals surface area (Å²) in [7, 11) is 3.83. The molecular weight excluding hydrogens is 454 g/mol. The van der Waals surface area contributed by atoms with E-state index in [1.807, 2.05) is 25.9 Å². The molecule has 3 heterocycles. The summed E-state index contributed by atoms with van der Waals surface area (Å²) in [5, 5.41) is 16.6. The number of nitrogens with one attached hydrogen (secondary N) is 2. The monoisotopic (exact) mass is 489 g/mol. The van der Waals surface area contributed by atoms with E-state index in [0.717, 1.165) is 67.1 Å². The molecule has 3 N–H and O–H groups in total. The van der Waals surface area contributed by atoms with E-state index < -0.39 is 12.0 Å². The summed E-state index contributed by atoms with van der Waals surface area (Å²) in [6.07, 6.45) is 7.07. The molecule has 1 atom stereocenters. The number of aromatic nitrogens is 2. The Morgan fingerprint density at radius 2 is 2.15 bits per heavy atom. The Balaban J connectivity index is 1.37. The van der Waals surface area contributed by atoms with E-state index in [4.69, 9.17) is 21.3 Å². The van der Waals surface area contributed by atoms with Crippen molar-refractivity contribution in [3.8, 4) is 0 Å². The van der Waals surface area contributed by atoms with E-state index in [1.54, 1.807) is 6.20 Å². The molecule has 2 aromatic rings. The number of fused-ring (bicyclic) bond motifs is 1. The molecule has 1 aliphatic heterocycles. The molecule has 186 valence electrons. The molecule has 0 amide bonds. The highest BCUT2D eigenvalue weighted by Crippen LogP contribution is 2.25. The maximum absolute atomic E-state index is 11.7. The second kappa shape index (κ2) is 12.9. The lowest BCUT2D eigenvalue weighted by Crippen LogP contribution is -2.37.